The van der Waals surface area contributed by atoms with Crippen LogP contribution in [0.25, 0.3) is 0 Å². The molecule has 0 unspecified atom stereocenters. The van der Waals surface area contributed by atoms with E-state index in [1.807, 2.05) is 6.07 Å². The van der Waals surface area contributed by atoms with Gasteiger partial charge >= 0.3 is 0 Å². The lowest BCUT2D eigenvalue weighted by Gasteiger charge is -2.34. The van der Waals surface area contributed by atoms with Gasteiger partial charge in [0.1, 0.15) is 0 Å². The van der Waals surface area contributed by atoms with Gasteiger partial charge in [0.05, 0.1) is 21.9 Å². The van der Waals surface area contributed by atoms with Gasteiger partial charge < -0.3 is 5.32 Å². The third kappa shape index (κ3) is 5.07. The van der Waals surface area contributed by atoms with E-state index in [9.17, 15) is 10.1 Å². The number of halogens is 3. The molecule has 9 heteroatoms. The van der Waals surface area contributed by atoms with Crippen LogP contribution in [-0.4, -0.2) is 36.0 Å². The maximum Gasteiger partial charge on any atom is 0.283 e. The third-order valence-electron chi connectivity index (χ3n) is 3.43. The fourth-order valence-electron chi connectivity index (χ4n) is 2.41. The zero-order chi connectivity index (χ0) is 14.5. The molecule has 0 bridgehead atoms. The SMILES string of the molecule is Cl.Cl.N#CC[C@H](c1ccc(Br)c([N+](=O)[O-])c1)N1CCNCC1. The molecule has 1 N–H and O–H groups in total. The first kappa shape index (κ1) is 21.1. The molecule has 0 spiro atoms. The van der Waals surface area contributed by atoms with Crippen molar-refractivity contribution in [3.63, 3.8) is 0 Å². The summed E-state index contributed by atoms with van der Waals surface area (Å²) < 4.78 is 0.460. The van der Waals surface area contributed by atoms with Crippen LogP contribution in [-0.2, 0) is 0 Å². The van der Waals surface area contributed by atoms with E-state index in [0.717, 1.165) is 31.7 Å². The molecule has 1 saturated heterocycles. The quantitative estimate of drug-likeness (QED) is 0.608. The van der Waals surface area contributed by atoms with E-state index in [0.29, 0.717) is 10.9 Å². The summed E-state index contributed by atoms with van der Waals surface area (Å²) in [6.07, 6.45) is 0.332. The van der Waals surface area contributed by atoms with Gasteiger partial charge in [0.15, 0.2) is 0 Å². The molecule has 0 amide bonds. The average Bonchev–Trinajstić information content (AvgIpc) is 2.46. The number of nitriles is 1. The number of hydrogen-bond acceptors (Lipinski definition) is 5. The minimum atomic E-state index is -0.408. The molecule has 0 aromatic heterocycles. The van der Waals surface area contributed by atoms with E-state index in [1.54, 1.807) is 12.1 Å². The maximum atomic E-state index is 11.0. The lowest BCUT2D eigenvalue weighted by molar-refractivity contribution is -0.385. The van der Waals surface area contributed by atoms with Crippen molar-refractivity contribution < 1.29 is 4.92 Å². The van der Waals surface area contributed by atoms with E-state index in [2.05, 4.69) is 32.2 Å². The molecular weight excluding hydrogens is 395 g/mol. The van der Waals surface area contributed by atoms with Crippen LogP contribution in [0.3, 0.4) is 0 Å². The summed E-state index contributed by atoms with van der Waals surface area (Å²) >= 11 is 3.18. The van der Waals surface area contributed by atoms with Gasteiger partial charge in [-0.1, -0.05) is 6.07 Å². The predicted molar refractivity (Wildman–Crippen MR) is 92.7 cm³/mol. The van der Waals surface area contributed by atoms with Crippen molar-refractivity contribution in [2.45, 2.75) is 12.5 Å². The normalized spacial score (nSPS) is 15.8. The Morgan fingerprint density at radius 2 is 2.05 bits per heavy atom. The molecule has 0 radical (unpaired) electrons. The van der Waals surface area contributed by atoms with Gasteiger partial charge in [0.25, 0.3) is 5.69 Å². The van der Waals surface area contributed by atoms with Crippen LogP contribution in [0.1, 0.15) is 18.0 Å². The highest BCUT2D eigenvalue weighted by Crippen LogP contribution is 2.31. The molecule has 1 aliphatic heterocycles. The number of rotatable bonds is 4. The molecule has 6 nitrogen and oxygen atoms in total. The lowest BCUT2D eigenvalue weighted by atomic mass is 10.0. The number of nitro groups is 1. The van der Waals surface area contributed by atoms with Crippen molar-refractivity contribution in [3.8, 4) is 6.07 Å². The fraction of sp³-hybridized carbons (Fsp3) is 0.462. The molecule has 0 aliphatic carbocycles. The summed E-state index contributed by atoms with van der Waals surface area (Å²) in [6.45, 7) is 3.44. The highest BCUT2D eigenvalue weighted by atomic mass is 79.9. The van der Waals surface area contributed by atoms with Gasteiger partial charge in [-0.3, -0.25) is 15.0 Å². The molecule has 1 atom stereocenters. The minimum absolute atomic E-state index is 0. The summed E-state index contributed by atoms with van der Waals surface area (Å²) in [5, 5.41) is 23.3. The Bertz CT molecular complexity index is 547. The highest BCUT2D eigenvalue weighted by molar-refractivity contribution is 9.10. The van der Waals surface area contributed by atoms with Crippen LogP contribution in [0.4, 0.5) is 5.69 Å². The van der Waals surface area contributed by atoms with Gasteiger partial charge in [0.2, 0.25) is 0 Å². The summed E-state index contributed by atoms with van der Waals surface area (Å²) in [5.41, 5.74) is 0.865. The van der Waals surface area contributed by atoms with Crippen LogP contribution in [0.2, 0.25) is 0 Å². The van der Waals surface area contributed by atoms with E-state index in [-0.39, 0.29) is 36.5 Å². The highest BCUT2D eigenvalue weighted by Gasteiger charge is 2.24. The second-order valence-corrected chi connectivity index (χ2v) is 5.49. The van der Waals surface area contributed by atoms with Gasteiger partial charge in [-0.25, -0.2) is 0 Å². The van der Waals surface area contributed by atoms with Crippen molar-refractivity contribution in [1.82, 2.24) is 10.2 Å². The summed E-state index contributed by atoms with van der Waals surface area (Å²) in [5.74, 6) is 0. The van der Waals surface area contributed by atoms with Gasteiger partial charge in [0, 0.05) is 38.3 Å². The zero-order valence-electron chi connectivity index (χ0n) is 11.7. The number of piperazine rings is 1. The van der Waals surface area contributed by atoms with Gasteiger partial charge in [-0.15, -0.1) is 24.8 Å². The molecule has 1 heterocycles. The summed E-state index contributed by atoms with van der Waals surface area (Å²) in [7, 11) is 0. The Morgan fingerprint density at radius 3 is 2.59 bits per heavy atom. The topological polar surface area (TPSA) is 82.2 Å². The zero-order valence-corrected chi connectivity index (χ0v) is 14.9. The molecular formula is C13H17BrCl2N4O2. The third-order valence-corrected chi connectivity index (χ3v) is 4.10. The monoisotopic (exact) mass is 410 g/mol. The number of nitrogens with zero attached hydrogens (tertiary/aromatic N) is 3. The summed E-state index contributed by atoms with van der Waals surface area (Å²) in [4.78, 5) is 12.8. The Balaban J connectivity index is 0.00000220. The first-order valence-corrected chi connectivity index (χ1v) is 7.18. The largest absolute Gasteiger partial charge is 0.314 e. The molecule has 2 rings (SSSR count). The van der Waals surface area contributed by atoms with Gasteiger partial charge in [-0.2, -0.15) is 5.26 Å². The first-order chi connectivity index (χ1) is 9.63. The Labute approximate surface area is 150 Å². The van der Waals surface area contributed by atoms with Crippen molar-refractivity contribution >= 4 is 46.4 Å². The molecule has 0 saturated carbocycles. The van der Waals surface area contributed by atoms with Gasteiger partial charge in [-0.05, 0) is 27.6 Å². The van der Waals surface area contributed by atoms with Crippen LogP contribution in [0, 0.1) is 21.4 Å². The number of nitrogens with one attached hydrogen (secondary N) is 1. The smallest absolute Gasteiger partial charge is 0.283 e. The van der Waals surface area contributed by atoms with Crippen LogP contribution < -0.4 is 5.32 Å². The molecule has 1 aromatic carbocycles. The fourth-order valence-corrected chi connectivity index (χ4v) is 2.81. The molecule has 1 aromatic rings. The predicted octanol–water partition coefficient (Wildman–Crippen LogP) is 3.06. The average molecular weight is 412 g/mol. The second-order valence-electron chi connectivity index (χ2n) is 4.63. The molecule has 1 fully saturated rings. The minimum Gasteiger partial charge on any atom is -0.314 e. The number of nitro benzene ring substituents is 1. The van der Waals surface area contributed by atoms with E-state index in [4.69, 9.17) is 5.26 Å². The van der Waals surface area contributed by atoms with Crippen LogP contribution >= 0.6 is 40.7 Å². The van der Waals surface area contributed by atoms with E-state index < -0.39 is 4.92 Å². The Morgan fingerprint density at radius 1 is 1.41 bits per heavy atom. The van der Waals surface area contributed by atoms with E-state index in [1.165, 1.54) is 0 Å². The molecule has 122 valence electrons. The van der Waals surface area contributed by atoms with Crippen molar-refractivity contribution in [3.05, 3.63) is 38.3 Å². The standard InChI is InChI=1S/C13H15BrN4O2.2ClH/c14-11-2-1-10(9-13(11)18(19)20)12(3-4-15)17-7-5-16-6-8-17;;/h1-2,9,12,16H,3,5-8H2;2*1H/t12-;;/m1../s1. The van der Waals surface area contributed by atoms with E-state index >= 15 is 0 Å². The Kier molecular flexibility index (Phi) is 9.56. The van der Waals surface area contributed by atoms with Crippen LogP contribution in [0.15, 0.2) is 22.7 Å². The maximum absolute atomic E-state index is 11.0. The molecule has 1 aliphatic rings. The van der Waals surface area contributed by atoms with Crippen molar-refractivity contribution in [1.29, 1.82) is 5.26 Å². The molecule has 22 heavy (non-hydrogen) atoms. The number of benzene rings is 1. The van der Waals surface area contributed by atoms with Crippen molar-refractivity contribution in [2.24, 2.45) is 0 Å². The van der Waals surface area contributed by atoms with Crippen LogP contribution in [0.5, 0.6) is 0 Å². The Hall–Kier alpha value is -0.910. The lowest BCUT2D eigenvalue weighted by Crippen LogP contribution is -2.45. The second kappa shape index (κ2) is 9.98. The summed E-state index contributed by atoms with van der Waals surface area (Å²) in [6, 6.07) is 7.19. The van der Waals surface area contributed by atoms with Crippen molar-refractivity contribution in [2.75, 3.05) is 26.2 Å². The number of hydrogen-bond donors (Lipinski definition) is 1. The first-order valence-electron chi connectivity index (χ1n) is 6.39.